The number of esters is 1. The van der Waals surface area contributed by atoms with E-state index in [0.29, 0.717) is 49.5 Å². The van der Waals surface area contributed by atoms with Crippen LogP contribution in [0.15, 0.2) is 48.6 Å². The van der Waals surface area contributed by atoms with Crippen molar-refractivity contribution < 1.29 is 29.0 Å². The first-order valence-corrected chi connectivity index (χ1v) is 13.0. The summed E-state index contributed by atoms with van der Waals surface area (Å²) in [7, 11) is 0. The van der Waals surface area contributed by atoms with E-state index in [1.54, 1.807) is 40.1 Å². The Balaban J connectivity index is 1.60. The molecule has 1 aromatic rings. The number of hydrogen-bond acceptors (Lipinski definition) is 6. The Labute approximate surface area is 215 Å². The van der Waals surface area contributed by atoms with Crippen molar-refractivity contribution in [3.8, 4) is 0 Å². The van der Waals surface area contributed by atoms with Crippen LogP contribution in [0.2, 0.25) is 5.02 Å². The highest BCUT2D eigenvalue weighted by Crippen LogP contribution is 2.58. The molecule has 0 saturated carbocycles. The summed E-state index contributed by atoms with van der Waals surface area (Å²) in [6.07, 6.45) is 9.68. The van der Waals surface area contributed by atoms with Crippen molar-refractivity contribution in [2.24, 2.45) is 11.8 Å². The first-order chi connectivity index (χ1) is 17.4. The lowest BCUT2D eigenvalue weighted by Crippen LogP contribution is -2.56. The smallest absolute Gasteiger partial charge is 0.313 e. The number of aliphatic hydroxyl groups is 1. The van der Waals surface area contributed by atoms with Gasteiger partial charge in [0.1, 0.15) is 29.8 Å². The molecule has 36 heavy (non-hydrogen) atoms. The zero-order valence-corrected chi connectivity index (χ0v) is 21.0. The number of fused-ring (bicyclic) bond motifs is 2. The van der Waals surface area contributed by atoms with Gasteiger partial charge in [-0.1, -0.05) is 36.8 Å². The van der Waals surface area contributed by atoms with Crippen molar-refractivity contribution >= 4 is 35.1 Å². The van der Waals surface area contributed by atoms with E-state index in [1.165, 1.54) is 0 Å². The monoisotopic (exact) mass is 514 g/mol. The summed E-state index contributed by atoms with van der Waals surface area (Å²) >= 11 is 6.08. The van der Waals surface area contributed by atoms with Gasteiger partial charge in [0.15, 0.2) is 0 Å². The largest absolute Gasteiger partial charge is 0.461 e. The fourth-order valence-electron chi connectivity index (χ4n) is 6.26. The first kappa shape index (κ1) is 25.0. The molecule has 0 radical (unpaired) electrons. The molecule has 2 amide bonds. The van der Waals surface area contributed by atoms with Gasteiger partial charge in [0.05, 0.1) is 5.92 Å². The van der Waals surface area contributed by atoms with Crippen LogP contribution in [0.3, 0.4) is 0 Å². The first-order valence-electron chi connectivity index (χ1n) is 12.6. The van der Waals surface area contributed by atoms with Gasteiger partial charge in [-0.3, -0.25) is 14.4 Å². The van der Waals surface area contributed by atoms with Crippen LogP contribution in [0.1, 0.15) is 32.6 Å². The van der Waals surface area contributed by atoms with E-state index in [2.05, 4.69) is 0 Å². The summed E-state index contributed by atoms with van der Waals surface area (Å²) in [6, 6.07) is 6.06. The molecule has 5 rings (SSSR count). The number of ether oxygens (including phenoxy) is 2. The third kappa shape index (κ3) is 3.78. The number of amides is 2. The number of rotatable bonds is 7. The molecule has 9 heteroatoms. The van der Waals surface area contributed by atoms with Crippen molar-refractivity contribution in [3.05, 3.63) is 53.6 Å². The number of nitrogens with zero attached hydrogens (tertiary/aromatic N) is 2. The summed E-state index contributed by atoms with van der Waals surface area (Å²) in [5.74, 6) is -2.73. The predicted octanol–water partition coefficient (Wildman–Crippen LogP) is 2.88. The van der Waals surface area contributed by atoms with Gasteiger partial charge in [-0.2, -0.15) is 0 Å². The predicted molar refractivity (Wildman–Crippen MR) is 133 cm³/mol. The fourth-order valence-corrected chi connectivity index (χ4v) is 6.39. The SMILES string of the molecule is CC[C@]12C=CCOC(=O)[C@H]1[C@H]1C(=O)N(CCCCCO)C3C(=O)N(c4ccc(Cl)cc4)CC=C[C@@]31O2. The second-order valence-corrected chi connectivity index (χ2v) is 10.2. The average Bonchev–Trinajstić information content (AvgIpc) is 3.14. The van der Waals surface area contributed by atoms with Crippen molar-refractivity contribution in [1.82, 2.24) is 4.90 Å². The molecule has 1 unspecified atom stereocenters. The van der Waals surface area contributed by atoms with Gasteiger partial charge in [-0.05, 0) is 56.0 Å². The lowest BCUT2D eigenvalue weighted by atomic mass is 9.73. The highest BCUT2D eigenvalue weighted by atomic mass is 35.5. The number of cyclic esters (lactones) is 1. The Morgan fingerprint density at radius 3 is 2.53 bits per heavy atom. The van der Waals surface area contributed by atoms with E-state index in [9.17, 15) is 19.5 Å². The Bertz CT molecular complexity index is 1100. The van der Waals surface area contributed by atoms with Crippen LogP contribution in [0, 0.1) is 11.8 Å². The van der Waals surface area contributed by atoms with Crippen LogP contribution < -0.4 is 4.90 Å². The number of carbonyl (C=O) groups excluding carboxylic acids is 3. The number of carbonyl (C=O) groups is 3. The number of anilines is 1. The highest BCUT2D eigenvalue weighted by Gasteiger charge is 2.75. The van der Waals surface area contributed by atoms with Crippen LogP contribution in [-0.2, 0) is 23.9 Å². The van der Waals surface area contributed by atoms with Crippen LogP contribution in [0.5, 0.6) is 0 Å². The number of likely N-dealkylation sites (tertiary alicyclic amines) is 1. The molecule has 1 aromatic carbocycles. The minimum absolute atomic E-state index is 0.0678. The van der Waals surface area contributed by atoms with Crippen molar-refractivity contribution in [2.75, 3.05) is 31.2 Å². The quantitative estimate of drug-likeness (QED) is 0.341. The number of unbranched alkanes of at least 4 members (excludes halogenated alkanes) is 2. The molecule has 1 spiro atoms. The molecule has 0 aromatic heterocycles. The second-order valence-electron chi connectivity index (χ2n) is 9.80. The van der Waals surface area contributed by atoms with E-state index in [0.717, 1.165) is 0 Å². The summed E-state index contributed by atoms with van der Waals surface area (Å²) < 4.78 is 12.3. The van der Waals surface area contributed by atoms with Gasteiger partial charge in [-0.25, -0.2) is 0 Å². The van der Waals surface area contributed by atoms with Crippen molar-refractivity contribution in [1.29, 1.82) is 0 Å². The maximum absolute atomic E-state index is 14.2. The molecule has 1 N–H and O–H groups in total. The highest BCUT2D eigenvalue weighted by molar-refractivity contribution is 6.30. The number of hydrogen-bond donors (Lipinski definition) is 1. The Morgan fingerprint density at radius 1 is 1.03 bits per heavy atom. The molecule has 4 heterocycles. The average molecular weight is 515 g/mol. The molecule has 4 aliphatic heterocycles. The Hall–Kier alpha value is -2.68. The molecule has 5 atom stereocenters. The van der Waals surface area contributed by atoms with Crippen molar-refractivity contribution in [2.45, 2.75) is 49.9 Å². The number of benzene rings is 1. The standard InChI is InChI=1S/C27H31ClN2O6/c1-2-26-12-7-17-35-25(34)21(26)20-23(32)30(14-4-3-5-16-31)22-24(33)29(15-6-13-27(20,22)36-26)19-10-8-18(28)9-11-19/h6-13,20-22,31H,2-5,14-17H2,1H3/t20-,21+,22?,26-,27-/m0/s1. The second kappa shape index (κ2) is 9.65. The zero-order valence-electron chi connectivity index (χ0n) is 20.3. The van der Waals surface area contributed by atoms with E-state index in [1.807, 2.05) is 25.2 Å². The van der Waals surface area contributed by atoms with Crippen LogP contribution in [0.4, 0.5) is 5.69 Å². The van der Waals surface area contributed by atoms with E-state index in [4.69, 9.17) is 21.1 Å². The Kier molecular flexibility index (Phi) is 6.70. The van der Waals surface area contributed by atoms with Gasteiger partial charge in [-0.15, -0.1) is 0 Å². The van der Waals surface area contributed by atoms with Crippen molar-refractivity contribution in [3.63, 3.8) is 0 Å². The summed E-state index contributed by atoms with van der Waals surface area (Å²) in [5.41, 5.74) is -1.66. The summed E-state index contributed by atoms with van der Waals surface area (Å²) in [4.78, 5) is 44.8. The third-order valence-corrected chi connectivity index (χ3v) is 8.14. The van der Waals surface area contributed by atoms with Gasteiger partial charge in [0.25, 0.3) is 5.91 Å². The molecule has 2 saturated heterocycles. The van der Waals surface area contributed by atoms with Gasteiger partial charge in [0, 0.05) is 30.4 Å². The fraction of sp³-hybridized carbons (Fsp3) is 0.519. The van der Waals surface area contributed by atoms with E-state index < -0.39 is 35.0 Å². The topological polar surface area (TPSA) is 96.4 Å². The molecular formula is C27H31ClN2O6. The van der Waals surface area contributed by atoms with E-state index >= 15 is 0 Å². The van der Waals surface area contributed by atoms with Gasteiger partial charge in [0.2, 0.25) is 5.91 Å². The molecule has 192 valence electrons. The molecule has 4 aliphatic rings. The summed E-state index contributed by atoms with van der Waals surface area (Å²) in [5, 5.41) is 9.75. The van der Waals surface area contributed by atoms with Crippen LogP contribution in [-0.4, -0.2) is 71.3 Å². The van der Waals surface area contributed by atoms with Gasteiger partial charge < -0.3 is 24.4 Å². The van der Waals surface area contributed by atoms with Crippen LogP contribution >= 0.6 is 11.6 Å². The molecular weight excluding hydrogens is 484 g/mol. The lowest BCUT2D eigenvalue weighted by molar-refractivity contribution is -0.157. The van der Waals surface area contributed by atoms with E-state index in [-0.39, 0.29) is 25.0 Å². The number of halogens is 1. The maximum atomic E-state index is 14.2. The normalized spacial score (nSPS) is 33.2. The lowest BCUT2D eigenvalue weighted by Gasteiger charge is -2.38. The maximum Gasteiger partial charge on any atom is 0.313 e. The molecule has 8 nitrogen and oxygen atoms in total. The molecule has 0 aliphatic carbocycles. The molecule has 0 bridgehead atoms. The summed E-state index contributed by atoms with van der Waals surface area (Å²) in [6.45, 7) is 2.74. The van der Waals surface area contributed by atoms with Gasteiger partial charge >= 0.3 is 5.97 Å². The minimum Gasteiger partial charge on any atom is -0.461 e. The third-order valence-electron chi connectivity index (χ3n) is 7.89. The van der Waals surface area contributed by atoms with Crippen LogP contribution in [0.25, 0.3) is 0 Å². The molecule has 2 fully saturated rings. The Morgan fingerprint density at radius 2 is 1.81 bits per heavy atom. The number of aliphatic hydroxyl groups excluding tert-OH is 1. The minimum atomic E-state index is -1.30. The zero-order chi connectivity index (χ0) is 25.5.